The van der Waals surface area contributed by atoms with Crippen molar-refractivity contribution >= 4 is 34.6 Å². The molecular formula is C13H11ClN2O2. The molecule has 0 aliphatic carbocycles. The summed E-state index contributed by atoms with van der Waals surface area (Å²) in [6.07, 6.45) is 0. The zero-order valence-electron chi connectivity index (χ0n) is 9.35. The largest absolute Gasteiger partial charge is 0.478 e. The summed E-state index contributed by atoms with van der Waals surface area (Å²) in [4.78, 5) is 11.1. The minimum atomic E-state index is -0.995. The third kappa shape index (κ3) is 2.55. The Hall–Kier alpha value is -2.20. The molecule has 18 heavy (non-hydrogen) atoms. The number of nitrogens with one attached hydrogen (secondary N) is 1. The summed E-state index contributed by atoms with van der Waals surface area (Å²) in [7, 11) is 0. The van der Waals surface area contributed by atoms with Crippen LogP contribution >= 0.6 is 11.6 Å². The number of hydrogen-bond acceptors (Lipinski definition) is 3. The molecule has 0 atom stereocenters. The standard InChI is InChI=1S/C13H11ClN2O2/c14-8-5-6-12(10(15)7-8)16-11-4-2-1-3-9(11)13(17)18/h1-7,16H,15H2,(H,17,18)/i13+2. The Morgan fingerprint density at radius 2 is 1.89 bits per heavy atom. The van der Waals surface area contributed by atoms with Crippen molar-refractivity contribution in [3.63, 3.8) is 0 Å². The summed E-state index contributed by atoms with van der Waals surface area (Å²) in [5.74, 6) is -0.995. The first-order chi connectivity index (χ1) is 8.58. The number of carboxylic acids is 1. The van der Waals surface area contributed by atoms with E-state index in [-0.39, 0.29) is 5.56 Å². The fourth-order valence-electron chi connectivity index (χ4n) is 1.57. The fraction of sp³-hybridized carbons (Fsp3) is 0. The van der Waals surface area contributed by atoms with Crippen molar-refractivity contribution in [2.75, 3.05) is 11.1 Å². The summed E-state index contributed by atoms with van der Waals surface area (Å²) in [6.45, 7) is 0. The van der Waals surface area contributed by atoms with Gasteiger partial charge in [0.1, 0.15) is 0 Å². The summed E-state index contributed by atoms with van der Waals surface area (Å²) < 4.78 is 0. The Kier molecular flexibility index (Phi) is 3.39. The molecule has 0 aromatic heterocycles. The van der Waals surface area contributed by atoms with E-state index >= 15 is 0 Å². The van der Waals surface area contributed by atoms with Crippen LogP contribution in [0.4, 0.5) is 17.1 Å². The molecule has 92 valence electrons. The van der Waals surface area contributed by atoms with E-state index in [1.807, 2.05) is 0 Å². The second-order valence-corrected chi connectivity index (χ2v) is 4.14. The van der Waals surface area contributed by atoms with Crippen molar-refractivity contribution < 1.29 is 9.90 Å². The zero-order chi connectivity index (χ0) is 13.1. The monoisotopic (exact) mass is 264 g/mol. The van der Waals surface area contributed by atoms with Gasteiger partial charge in [0.05, 0.1) is 22.6 Å². The maximum Gasteiger partial charge on any atom is 0.337 e. The molecule has 5 heteroatoms. The van der Waals surface area contributed by atoms with Crippen LogP contribution in [0.3, 0.4) is 0 Å². The number of benzene rings is 2. The van der Waals surface area contributed by atoms with Gasteiger partial charge in [-0.1, -0.05) is 23.7 Å². The van der Waals surface area contributed by atoms with E-state index in [0.717, 1.165) is 0 Å². The number of nitrogen functional groups attached to an aromatic ring is 1. The topological polar surface area (TPSA) is 75.3 Å². The highest BCUT2D eigenvalue weighted by Gasteiger charge is 2.10. The number of halogens is 1. The van der Waals surface area contributed by atoms with Gasteiger partial charge in [-0.25, -0.2) is 4.79 Å². The zero-order valence-corrected chi connectivity index (χ0v) is 10.1. The molecule has 0 radical (unpaired) electrons. The van der Waals surface area contributed by atoms with Crippen LogP contribution in [-0.2, 0) is 0 Å². The number of anilines is 3. The molecule has 0 aliphatic rings. The number of carboxylic acid groups (broad SMARTS) is 1. The van der Waals surface area contributed by atoms with E-state index in [1.165, 1.54) is 6.07 Å². The Morgan fingerprint density at radius 1 is 1.17 bits per heavy atom. The van der Waals surface area contributed by atoms with E-state index in [1.54, 1.807) is 36.4 Å². The normalized spacial score (nSPS) is 10.1. The van der Waals surface area contributed by atoms with Gasteiger partial charge >= 0.3 is 5.97 Å². The first-order valence-electron chi connectivity index (χ1n) is 5.22. The molecule has 0 spiro atoms. The van der Waals surface area contributed by atoms with Crippen LogP contribution in [0.1, 0.15) is 10.4 Å². The van der Waals surface area contributed by atoms with Gasteiger partial charge in [0.15, 0.2) is 0 Å². The number of rotatable bonds is 3. The number of carbonyl (C=O) groups is 1. The van der Waals surface area contributed by atoms with Crippen molar-refractivity contribution in [3.8, 4) is 0 Å². The van der Waals surface area contributed by atoms with Gasteiger partial charge in [0.2, 0.25) is 0 Å². The van der Waals surface area contributed by atoms with Crippen LogP contribution in [0.15, 0.2) is 42.5 Å². The minimum absolute atomic E-state index is 0.187. The van der Waals surface area contributed by atoms with Gasteiger partial charge in [-0.2, -0.15) is 0 Å². The lowest BCUT2D eigenvalue weighted by Gasteiger charge is -2.11. The third-order valence-corrected chi connectivity index (χ3v) is 2.68. The van der Waals surface area contributed by atoms with Crippen LogP contribution in [0.5, 0.6) is 0 Å². The Morgan fingerprint density at radius 3 is 2.56 bits per heavy atom. The van der Waals surface area contributed by atoms with Crippen molar-refractivity contribution in [1.82, 2.24) is 0 Å². The van der Waals surface area contributed by atoms with Gasteiger partial charge in [-0.3, -0.25) is 0 Å². The molecule has 0 bridgehead atoms. The molecular weight excluding hydrogens is 254 g/mol. The lowest BCUT2D eigenvalue weighted by Crippen LogP contribution is -2.03. The second kappa shape index (κ2) is 4.98. The van der Waals surface area contributed by atoms with E-state index in [4.69, 9.17) is 22.4 Å². The molecule has 0 saturated carbocycles. The predicted octanol–water partition coefficient (Wildman–Crippen LogP) is 3.36. The molecule has 0 amide bonds. The molecule has 0 aliphatic heterocycles. The van der Waals surface area contributed by atoms with Gasteiger partial charge in [0, 0.05) is 5.02 Å². The van der Waals surface area contributed by atoms with Crippen LogP contribution in [0.2, 0.25) is 5.02 Å². The summed E-state index contributed by atoms with van der Waals surface area (Å²) in [5, 5.41) is 12.6. The highest BCUT2D eigenvalue weighted by molar-refractivity contribution is 6.31. The van der Waals surface area contributed by atoms with Crippen LogP contribution in [0.25, 0.3) is 0 Å². The smallest absolute Gasteiger partial charge is 0.337 e. The van der Waals surface area contributed by atoms with E-state index in [2.05, 4.69) is 5.32 Å². The number of hydrogen-bond donors (Lipinski definition) is 3. The Labute approximate surface area is 109 Å². The van der Waals surface area contributed by atoms with Crippen LogP contribution in [-0.4, -0.2) is 11.1 Å². The van der Waals surface area contributed by atoms with Gasteiger partial charge in [-0.15, -0.1) is 0 Å². The van der Waals surface area contributed by atoms with Crippen LogP contribution in [0, 0.1) is 0 Å². The quantitative estimate of drug-likeness (QED) is 0.743. The van der Waals surface area contributed by atoms with Gasteiger partial charge in [-0.05, 0) is 30.3 Å². The molecule has 4 N–H and O–H groups in total. The molecule has 0 fully saturated rings. The first-order valence-corrected chi connectivity index (χ1v) is 5.60. The molecule has 0 saturated heterocycles. The Bertz CT molecular complexity index is 599. The second-order valence-electron chi connectivity index (χ2n) is 3.71. The maximum absolute atomic E-state index is 11.1. The van der Waals surface area contributed by atoms with E-state index in [9.17, 15) is 4.79 Å². The van der Waals surface area contributed by atoms with E-state index < -0.39 is 5.97 Å². The lowest BCUT2D eigenvalue weighted by molar-refractivity contribution is 0.0698. The number of para-hydroxylation sites is 1. The third-order valence-electron chi connectivity index (χ3n) is 2.44. The Balaban J connectivity index is 2.37. The molecule has 2 aromatic rings. The predicted molar refractivity (Wildman–Crippen MR) is 72.5 cm³/mol. The minimum Gasteiger partial charge on any atom is -0.478 e. The van der Waals surface area contributed by atoms with Crippen molar-refractivity contribution in [3.05, 3.63) is 53.1 Å². The molecule has 2 aromatic carbocycles. The summed E-state index contributed by atoms with van der Waals surface area (Å²) in [6, 6.07) is 11.6. The number of aromatic carboxylic acids is 1. The molecule has 4 nitrogen and oxygen atoms in total. The maximum atomic E-state index is 11.1. The average molecular weight is 265 g/mol. The van der Waals surface area contributed by atoms with Crippen molar-refractivity contribution in [2.45, 2.75) is 0 Å². The van der Waals surface area contributed by atoms with Crippen molar-refractivity contribution in [1.29, 1.82) is 0 Å². The van der Waals surface area contributed by atoms with E-state index in [0.29, 0.717) is 22.1 Å². The van der Waals surface area contributed by atoms with Gasteiger partial charge in [0.25, 0.3) is 0 Å². The summed E-state index contributed by atoms with van der Waals surface area (Å²) >= 11 is 5.80. The van der Waals surface area contributed by atoms with Crippen LogP contribution < -0.4 is 11.1 Å². The van der Waals surface area contributed by atoms with Gasteiger partial charge < -0.3 is 16.2 Å². The highest BCUT2D eigenvalue weighted by Crippen LogP contribution is 2.27. The molecule has 2 rings (SSSR count). The highest BCUT2D eigenvalue weighted by atomic mass is 35.5. The SMILES string of the molecule is Nc1cc(Cl)ccc1Nc1ccccc1[14C](=O)O. The lowest BCUT2D eigenvalue weighted by atomic mass is 10.2. The van der Waals surface area contributed by atoms with Crippen molar-refractivity contribution in [2.24, 2.45) is 0 Å². The first kappa shape index (κ1) is 12.3. The fourth-order valence-corrected chi connectivity index (χ4v) is 1.75. The number of nitrogens with two attached hydrogens (primary N) is 1. The average Bonchev–Trinajstić information content (AvgIpc) is 2.33. The summed E-state index contributed by atoms with van der Waals surface area (Å²) in [5.41, 5.74) is 7.55. The molecule has 0 heterocycles. The molecule has 0 unspecified atom stereocenters.